The van der Waals surface area contributed by atoms with E-state index < -0.39 is 17.2 Å². The lowest BCUT2D eigenvalue weighted by Gasteiger charge is -2.40. The van der Waals surface area contributed by atoms with Crippen LogP contribution in [-0.4, -0.2) is 124 Å². The van der Waals surface area contributed by atoms with Crippen molar-refractivity contribution in [1.29, 1.82) is 0 Å². The number of hydrogen-bond donors (Lipinski definition) is 0. The Morgan fingerprint density at radius 3 is 1.51 bits per heavy atom. The number of amides is 2. The molecule has 4 aliphatic rings. The fraction of sp³-hybridized carbons (Fsp3) is 0.404. The van der Waals surface area contributed by atoms with Crippen LogP contribution in [0.25, 0.3) is 33.7 Å². The van der Waals surface area contributed by atoms with Crippen molar-refractivity contribution in [3.8, 4) is 0 Å². The van der Waals surface area contributed by atoms with Crippen molar-refractivity contribution in [1.82, 2.24) is 48.7 Å². The molecule has 0 radical (unpaired) electrons. The van der Waals surface area contributed by atoms with E-state index >= 15 is 0 Å². The fourth-order valence-electron chi connectivity index (χ4n) is 10.6. The zero-order valence-corrected chi connectivity index (χ0v) is 46.1. The molecule has 2 aliphatic carbocycles. The number of halogens is 2. The first-order chi connectivity index (χ1) is 36.3. The van der Waals surface area contributed by atoms with Crippen molar-refractivity contribution in [3.63, 3.8) is 0 Å². The number of carbonyl (C=O) groups is 2. The van der Waals surface area contributed by atoms with Gasteiger partial charge in [0.2, 0.25) is 0 Å². The summed E-state index contributed by atoms with van der Waals surface area (Å²) in [6.45, 7) is 18.5. The average Bonchev–Trinajstić information content (AvgIpc) is 3.95. The molecule has 4 unspecified atom stereocenters. The predicted octanol–water partition coefficient (Wildman–Crippen LogP) is 11.8. The number of nitrogens with zero attached hydrogens (tertiary/aromatic N) is 13. The molecule has 396 valence electrons. The molecule has 2 saturated heterocycles. The van der Waals surface area contributed by atoms with Gasteiger partial charge in [-0.15, -0.1) is 0 Å². The van der Waals surface area contributed by atoms with Gasteiger partial charge in [-0.2, -0.15) is 0 Å². The maximum Gasteiger partial charge on any atom is 0.410 e. The number of aromatic nitrogens is 6. The fourth-order valence-corrected chi connectivity index (χ4v) is 10.9. The summed E-state index contributed by atoms with van der Waals surface area (Å²) in [6, 6.07) is 19.2. The highest BCUT2D eigenvalue weighted by atomic mass is 35.5. The monoisotopic (exact) mass is 1070 g/mol. The second kappa shape index (κ2) is 22.3. The van der Waals surface area contributed by atoms with Crippen LogP contribution in [0.2, 0.25) is 10.0 Å². The topological polar surface area (TPSA) is 176 Å². The molecule has 0 bridgehead atoms. The predicted molar refractivity (Wildman–Crippen MR) is 296 cm³/mol. The van der Waals surface area contributed by atoms with Gasteiger partial charge in [0.15, 0.2) is 0 Å². The lowest BCUT2D eigenvalue weighted by Crippen LogP contribution is -2.51. The third-order valence-electron chi connectivity index (χ3n) is 14.1. The summed E-state index contributed by atoms with van der Waals surface area (Å²) < 4.78 is 15.1. The normalized spacial score (nSPS) is 18.6. The van der Waals surface area contributed by atoms with Crippen LogP contribution in [0.15, 0.2) is 103 Å². The minimum atomic E-state index is -0.629. The molecule has 2 aliphatic heterocycles. The van der Waals surface area contributed by atoms with Gasteiger partial charge >= 0.3 is 12.2 Å². The van der Waals surface area contributed by atoms with Crippen molar-refractivity contribution in [2.24, 2.45) is 19.2 Å². The van der Waals surface area contributed by atoms with Crippen molar-refractivity contribution in [2.75, 3.05) is 52.4 Å². The number of allylic oxidation sites excluding steroid dienone is 1. The average molecular weight is 1070 g/mol. The Balaban J connectivity index is 0.000000186. The maximum absolute atomic E-state index is 12.7. The van der Waals surface area contributed by atoms with E-state index in [-0.39, 0.29) is 30.2 Å². The number of fused-ring (bicyclic) bond motifs is 4. The molecule has 10 rings (SSSR count). The van der Waals surface area contributed by atoms with E-state index in [9.17, 15) is 15.1 Å². The van der Waals surface area contributed by atoms with Crippen molar-refractivity contribution >= 4 is 58.7 Å². The van der Waals surface area contributed by atoms with E-state index in [2.05, 4.69) is 65.6 Å². The number of hydrogen-bond acceptors (Lipinski definition) is 11. The zero-order valence-electron chi connectivity index (χ0n) is 44.6. The van der Waals surface area contributed by atoms with E-state index in [0.29, 0.717) is 62.4 Å². The molecule has 2 fully saturated rings. The summed E-state index contributed by atoms with van der Waals surface area (Å²) >= 11 is 13.1. The molecule has 2 aromatic carbocycles. The number of azide groups is 1. The standard InChI is InChI=1S/C29H34ClN5O2.C28H31ClN8O2/c1-19(25-17-31-18-33(25)5)23-15-20-7-6-10-32-26(20)27(22-9-8-21(30)16-24(22)23)34-11-13-35(14-12-34)28(36)37-29(2,3)4;1-28(2,3)39-27(38)37-12-10-36(11-13-37)26-20-8-7-19(29)15-21(20)22(14-18-6-5-9-32-24(18)26)25(33-34-30)23-16-31-17-35(23)4/h6-10,15-19,27H,11-14H2,1-5H3;5-9,14-17,25-26H,10-13H2,1-4H3. The van der Waals surface area contributed by atoms with E-state index in [0.717, 1.165) is 56.2 Å². The molecule has 0 spiro atoms. The van der Waals surface area contributed by atoms with Gasteiger partial charge in [0, 0.05) is 118 Å². The molecule has 4 aromatic heterocycles. The van der Waals surface area contributed by atoms with Crippen molar-refractivity contribution in [3.05, 3.63) is 175 Å². The van der Waals surface area contributed by atoms with Gasteiger partial charge in [0.05, 0.1) is 41.8 Å². The minimum Gasteiger partial charge on any atom is -0.444 e. The zero-order chi connectivity index (χ0) is 54.1. The Morgan fingerprint density at radius 2 is 1.09 bits per heavy atom. The minimum absolute atomic E-state index is 0.0586. The molecule has 4 atom stereocenters. The third-order valence-corrected chi connectivity index (χ3v) is 14.6. The molecule has 76 heavy (non-hydrogen) atoms. The van der Waals surface area contributed by atoms with Gasteiger partial charge in [-0.25, -0.2) is 19.6 Å². The molecular formula is C57H65Cl2N13O4. The van der Waals surface area contributed by atoms with Crippen LogP contribution >= 0.6 is 23.2 Å². The van der Waals surface area contributed by atoms with E-state index in [4.69, 9.17) is 42.6 Å². The highest BCUT2D eigenvalue weighted by molar-refractivity contribution is 6.31. The maximum atomic E-state index is 12.7. The third kappa shape index (κ3) is 11.7. The first-order valence-corrected chi connectivity index (χ1v) is 26.4. The number of rotatable bonds is 7. The largest absolute Gasteiger partial charge is 0.444 e. The number of imidazole rings is 2. The molecule has 17 nitrogen and oxygen atoms in total. The second-order valence-electron chi connectivity index (χ2n) is 21.6. The van der Waals surface area contributed by atoms with E-state index in [1.165, 1.54) is 11.1 Å². The molecule has 6 aromatic rings. The smallest absolute Gasteiger partial charge is 0.410 e. The number of carbonyl (C=O) groups excluding carboxylic acids is 2. The van der Waals surface area contributed by atoms with Crippen LogP contribution in [0.1, 0.15) is 129 Å². The number of ether oxygens (including phenoxy) is 2. The van der Waals surface area contributed by atoms with E-state index in [1.807, 2.05) is 127 Å². The summed E-state index contributed by atoms with van der Waals surface area (Å²) in [7, 11) is 3.90. The summed E-state index contributed by atoms with van der Waals surface area (Å²) in [5.41, 5.74) is 20.5. The van der Waals surface area contributed by atoms with E-state index in [1.54, 1.807) is 28.5 Å². The summed E-state index contributed by atoms with van der Waals surface area (Å²) in [4.78, 5) is 55.2. The van der Waals surface area contributed by atoms with Crippen LogP contribution in [0.5, 0.6) is 0 Å². The van der Waals surface area contributed by atoms with Gasteiger partial charge in [-0.1, -0.05) is 59.5 Å². The summed E-state index contributed by atoms with van der Waals surface area (Å²) in [6.07, 6.45) is 14.6. The molecular weight excluding hydrogens is 1000 g/mol. The number of piperazine rings is 2. The van der Waals surface area contributed by atoms with Gasteiger partial charge in [-0.3, -0.25) is 19.8 Å². The number of pyridine rings is 2. The van der Waals surface area contributed by atoms with Crippen LogP contribution in [0.3, 0.4) is 0 Å². The lowest BCUT2D eigenvalue weighted by molar-refractivity contribution is 0.0109. The first kappa shape index (κ1) is 53.8. The Kier molecular flexibility index (Phi) is 15.8. The number of aryl methyl sites for hydroxylation is 2. The Labute approximate surface area is 454 Å². The lowest BCUT2D eigenvalue weighted by atomic mass is 9.87. The molecule has 0 N–H and O–H groups in total. The number of benzene rings is 2. The summed E-state index contributed by atoms with van der Waals surface area (Å²) in [5, 5.41) is 5.49. The second-order valence-corrected chi connectivity index (χ2v) is 22.5. The molecule has 2 amide bonds. The van der Waals surface area contributed by atoms with Crippen LogP contribution in [-0.2, 0) is 23.6 Å². The van der Waals surface area contributed by atoms with Gasteiger partial charge in [0.25, 0.3) is 0 Å². The van der Waals surface area contributed by atoms with Crippen LogP contribution in [0, 0.1) is 0 Å². The Morgan fingerprint density at radius 1 is 0.658 bits per heavy atom. The Bertz CT molecular complexity index is 3220. The SMILES string of the molecule is CC(C1=Cc2cccnc2C(N2CCN(C(=O)OC(C)(C)C)CC2)c2ccc(Cl)cc21)c1cncn1C.Cn1cncc1C(N=[N+]=[N-])C1=Cc2cccnc2C(N2CCN(C(=O)OC(C)(C)C)CC2)c2ccc(Cl)cc21. The van der Waals surface area contributed by atoms with Gasteiger partial charge < -0.3 is 28.4 Å². The van der Waals surface area contributed by atoms with Crippen molar-refractivity contribution < 1.29 is 19.1 Å². The quantitative estimate of drug-likeness (QED) is 0.0849. The van der Waals surface area contributed by atoms with Gasteiger partial charge in [-0.05, 0) is 140 Å². The molecule has 19 heteroatoms. The summed E-state index contributed by atoms with van der Waals surface area (Å²) in [5.74, 6) is 0.0977. The molecule has 6 heterocycles. The van der Waals surface area contributed by atoms with Gasteiger partial charge in [0.1, 0.15) is 17.2 Å². The van der Waals surface area contributed by atoms with Crippen LogP contribution in [0.4, 0.5) is 9.59 Å². The van der Waals surface area contributed by atoms with Crippen molar-refractivity contribution in [2.45, 2.75) is 83.7 Å². The Hall–Kier alpha value is -7.01. The molecule has 0 saturated carbocycles. The highest BCUT2D eigenvalue weighted by Gasteiger charge is 2.38. The first-order valence-electron chi connectivity index (χ1n) is 25.6. The highest BCUT2D eigenvalue weighted by Crippen LogP contribution is 2.47. The van der Waals surface area contributed by atoms with Crippen LogP contribution < -0.4 is 0 Å².